The minimum Gasteiger partial charge on any atom is -0.375 e. The number of ether oxygens (including phenoxy) is 1. The molecular formula is C16H29NOS. The van der Waals surface area contributed by atoms with Crippen LogP contribution in [-0.2, 0) is 4.74 Å². The summed E-state index contributed by atoms with van der Waals surface area (Å²) in [5.41, 5.74) is 0.501. The molecule has 2 atom stereocenters. The van der Waals surface area contributed by atoms with E-state index in [1.165, 1.54) is 64.3 Å². The summed E-state index contributed by atoms with van der Waals surface area (Å²) >= 11 is 4.71. The number of hydrogen-bond donors (Lipinski definition) is 1. The normalized spacial score (nSPS) is 35.8. The van der Waals surface area contributed by atoms with Crippen molar-refractivity contribution in [2.45, 2.75) is 69.9 Å². The van der Waals surface area contributed by atoms with Crippen LogP contribution in [0.25, 0.3) is 0 Å². The topological polar surface area (TPSA) is 12.5 Å². The smallest absolute Gasteiger partial charge is 0.0730 e. The minimum atomic E-state index is 0.501. The molecule has 1 heterocycles. The third kappa shape index (κ3) is 3.14. The first-order valence-corrected chi connectivity index (χ1v) is 8.93. The van der Waals surface area contributed by atoms with Gasteiger partial charge in [-0.3, -0.25) is 4.90 Å². The quantitative estimate of drug-likeness (QED) is 0.796. The van der Waals surface area contributed by atoms with Gasteiger partial charge in [0.15, 0.2) is 0 Å². The second kappa shape index (κ2) is 6.36. The van der Waals surface area contributed by atoms with Gasteiger partial charge in [0.05, 0.1) is 12.7 Å². The van der Waals surface area contributed by atoms with Gasteiger partial charge in [-0.2, -0.15) is 12.6 Å². The van der Waals surface area contributed by atoms with Crippen molar-refractivity contribution in [3.8, 4) is 0 Å². The maximum atomic E-state index is 6.01. The highest BCUT2D eigenvalue weighted by molar-refractivity contribution is 7.80. The molecule has 0 spiro atoms. The zero-order valence-electron chi connectivity index (χ0n) is 12.1. The van der Waals surface area contributed by atoms with Gasteiger partial charge in [-0.05, 0) is 36.9 Å². The highest BCUT2D eigenvalue weighted by Crippen LogP contribution is 2.40. The first-order chi connectivity index (χ1) is 9.33. The van der Waals surface area contributed by atoms with Gasteiger partial charge >= 0.3 is 0 Å². The third-order valence-corrected chi connectivity index (χ3v) is 6.31. The van der Waals surface area contributed by atoms with E-state index in [0.29, 0.717) is 17.6 Å². The SMILES string of the molecule is SCC1(CN2CCOC3CCCCC32)CCCCC1. The van der Waals surface area contributed by atoms with Gasteiger partial charge in [0.25, 0.3) is 0 Å². The highest BCUT2D eigenvalue weighted by atomic mass is 32.1. The van der Waals surface area contributed by atoms with Crippen LogP contribution < -0.4 is 0 Å². The summed E-state index contributed by atoms with van der Waals surface area (Å²) < 4.78 is 6.01. The number of hydrogen-bond acceptors (Lipinski definition) is 3. The molecule has 1 aliphatic heterocycles. The minimum absolute atomic E-state index is 0.501. The Morgan fingerprint density at radius 3 is 2.63 bits per heavy atom. The van der Waals surface area contributed by atoms with Crippen LogP contribution in [0.1, 0.15) is 57.8 Å². The average molecular weight is 283 g/mol. The van der Waals surface area contributed by atoms with Gasteiger partial charge in [0.2, 0.25) is 0 Å². The van der Waals surface area contributed by atoms with Crippen molar-refractivity contribution in [1.82, 2.24) is 4.90 Å². The standard InChI is InChI=1S/C16H29NOS/c19-13-16(8-4-1-5-9-16)12-17-10-11-18-15-7-3-2-6-14(15)17/h14-15,19H,1-13H2. The van der Waals surface area contributed by atoms with E-state index in [-0.39, 0.29) is 0 Å². The Labute approximate surface area is 123 Å². The first kappa shape index (κ1) is 14.2. The van der Waals surface area contributed by atoms with Crippen molar-refractivity contribution in [2.75, 3.05) is 25.4 Å². The molecule has 2 nitrogen and oxygen atoms in total. The maximum Gasteiger partial charge on any atom is 0.0730 e. The van der Waals surface area contributed by atoms with Crippen LogP contribution >= 0.6 is 12.6 Å². The fraction of sp³-hybridized carbons (Fsp3) is 1.00. The fourth-order valence-corrected chi connectivity index (χ4v) is 4.89. The Kier molecular flexibility index (Phi) is 4.76. The number of thiol groups is 1. The molecule has 0 radical (unpaired) electrons. The molecule has 2 unspecified atom stereocenters. The molecule has 0 aromatic heterocycles. The molecule has 2 saturated carbocycles. The molecule has 3 rings (SSSR count). The van der Waals surface area contributed by atoms with Crippen LogP contribution in [0.4, 0.5) is 0 Å². The van der Waals surface area contributed by atoms with Gasteiger partial charge in [-0.1, -0.05) is 32.1 Å². The van der Waals surface area contributed by atoms with E-state index in [1.54, 1.807) is 0 Å². The number of morpholine rings is 1. The zero-order valence-corrected chi connectivity index (χ0v) is 13.0. The first-order valence-electron chi connectivity index (χ1n) is 8.30. The Morgan fingerprint density at radius 1 is 1.05 bits per heavy atom. The molecule has 0 N–H and O–H groups in total. The lowest BCUT2D eigenvalue weighted by atomic mass is 9.74. The van der Waals surface area contributed by atoms with E-state index in [0.717, 1.165) is 18.9 Å². The predicted octanol–water partition coefficient (Wildman–Crippen LogP) is 3.51. The van der Waals surface area contributed by atoms with Crippen LogP contribution in [0.2, 0.25) is 0 Å². The molecule has 3 heteroatoms. The lowest BCUT2D eigenvalue weighted by Crippen LogP contribution is -2.56. The van der Waals surface area contributed by atoms with Crippen LogP contribution in [0.3, 0.4) is 0 Å². The zero-order chi connectivity index (χ0) is 13.1. The van der Waals surface area contributed by atoms with Crippen molar-refractivity contribution in [3.05, 3.63) is 0 Å². The van der Waals surface area contributed by atoms with Crippen molar-refractivity contribution < 1.29 is 4.74 Å². The molecule has 19 heavy (non-hydrogen) atoms. The van der Waals surface area contributed by atoms with E-state index >= 15 is 0 Å². The van der Waals surface area contributed by atoms with Crippen molar-refractivity contribution >= 4 is 12.6 Å². The van der Waals surface area contributed by atoms with Gasteiger partial charge in [0, 0.05) is 19.1 Å². The molecular weight excluding hydrogens is 254 g/mol. The number of fused-ring (bicyclic) bond motifs is 1. The summed E-state index contributed by atoms with van der Waals surface area (Å²) in [7, 11) is 0. The molecule has 0 aromatic carbocycles. The summed E-state index contributed by atoms with van der Waals surface area (Å²) in [5.74, 6) is 1.07. The van der Waals surface area contributed by atoms with Crippen LogP contribution in [-0.4, -0.2) is 42.5 Å². The average Bonchev–Trinajstić information content (AvgIpc) is 2.49. The van der Waals surface area contributed by atoms with Gasteiger partial charge in [-0.25, -0.2) is 0 Å². The van der Waals surface area contributed by atoms with Crippen LogP contribution in [0.15, 0.2) is 0 Å². The number of rotatable bonds is 3. The molecule has 0 bridgehead atoms. The molecule has 1 saturated heterocycles. The van der Waals surface area contributed by atoms with E-state index in [4.69, 9.17) is 17.4 Å². The van der Waals surface area contributed by atoms with Gasteiger partial charge in [-0.15, -0.1) is 0 Å². The van der Waals surface area contributed by atoms with Gasteiger partial charge < -0.3 is 4.74 Å². The lowest BCUT2D eigenvalue weighted by Gasteiger charge is -2.48. The van der Waals surface area contributed by atoms with E-state index in [1.807, 2.05) is 0 Å². The second-order valence-electron chi connectivity index (χ2n) is 6.95. The Morgan fingerprint density at radius 2 is 1.84 bits per heavy atom. The molecule has 2 aliphatic carbocycles. The van der Waals surface area contributed by atoms with E-state index in [9.17, 15) is 0 Å². The Bertz CT molecular complexity index is 288. The van der Waals surface area contributed by atoms with Crippen LogP contribution in [0, 0.1) is 5.41 Å². The highest BCUT2D eigenvalue weighted by Gasteiger charge is 2.39. The van der Waals surface area contributed by atoms with Gasteiger partial charge in [0.1, 0.15) is 0 Å². The van der Waals surface area contributed by atoms with Crippen LogP contribution in [0.5, 0.6) is 0 Å². The molecule has 0 aromatic rings. The largest absolute Gasteiger partial charge is 0.375 e. The van der Waals surface area contributed by atoms with E-state index < -0.39 is 0 Å². The van der Waals surface area contributed by atoms with E-state index in [2.05, 4.69) is 4.90 Å². The summed E-state index contributed by atoms with van der Waals surface area (Å²) in [5, 5.41) is 0. The fourth-order valence-electron chi connectivity index (χ4n) is 4.47. The maximum absolute atomic E-state index is 6.01. The molecule has 110 valence electrons. The van der Waals surface area contributed by atoms with Crippen molar-refractivity contribution in [2.24, 2.45) is 5.41 Å². The second-order valence-corrected chi connectivity index (χ2v) is 7.27. The predicted molar refractivity (Wildman–Crippen MR) is 82.9 cm³/mol. The van der Waals surface area contributed by atoms with Crippen molar-refractivity contribution in [3.63, 3.8) is 0 Å². The third-order valence-electron chi connectivity index (χ3n) is 5.64. The molecule has 3 fully saturated rings. The summed E-state index contributed by atoms with van der Waals surface area (Å²) in [6.07, 6.45) is 13.0. The number of nitrogens with zero attached hydrogens (tertiary/aromatic N) is 1. The monoisotopic (exact) mass is 283 g/mol. The lowest BCUT2D eigenvalue weighted by molar-refractivity contribution is -0.0996. The Balaban J connectivity index is 1.66. The molecule has 0 amide bonds. The summed E-state index contributed by atoms with van der Waals surface area (Å²) in [4.78, 5) is 2.77. The van der Waals surface area contributed by atoms with Crippen molar-refractivity contribution in [1.29, 1.82) is 0 Å². The molecule has 3 aliphatic rings. The summed E-state index contributed by atoms with van der Waals surface area (Å²) in [6.45, 7) is 3.38. The Hall–Kier alpha value is 0.270. The summed E-state index contributed by atoms with van der Waals surface area (Å²) in [6, 6.07) is 0.709.